The molecule has 3 nitrogen and oxygen atoms in total. The lowest BCUT2D eigenvalue weighted by Crippen LogP contribution is -2.05. The number of aromatic nitrogens is 3. The second-order valence-electron chi connectivity index (χ2n) is 5.13. The lowest BCUT2D eigenvalue weighted by Gasteiger charge is -2.10. The maximum atomic E-state index is 4.66. The minimum atomic E-state index is 0.972. The summed E-state index contributed by atoms with van der Waals surface area (Å²) in [6.07, 6.45) is 6.30. The van der Waals surface area contributed by atoms with E-state index in [9.17, 15) is 0 Å². The maximum Gasteiger partial charge on any atom is 0.155 e. The summed E-state index contributed by atoms with van der Waals surface area (Å²) in [5, 5.41) is 4.51. The molecule has 2 rings (SSSR count). The van der Waals surface area contributed by atoms with Crippen molar-refractivity contribution in [2.75, 3.05) is 0 Å². The van der Waals surface area contributed by atoms with Gasteiger partial charge in [0, 0.05) is 17.5 Å². The summed E-state index contributed by atoms with van der Waals surface area (Å²) in [5.41, 5.74) is 5.80. The lowest BCUT2D eigenvalue weighted by atomic mass is 10.0. The molecule has 0 aliphatic rings. The van der Waals surface area contributed by atoms with E-state index in [0.717, 1.165) is 23.5 Å². The zero-order chi connectivity index (χ0) is 13.1. The molecule has 0 atom stereocenters. The topological polar surface area (TPSA) is 30.2 Å². The molecule has 0 aliphatic heterocycles. The van der Waals surface area contributed by atoms with E-state index in [2.05, 4.69) is 30.9 Å². The van der Waals surface area contributed by atoms with Crippen LogP contribution in [0.1, 0.15) is 55.3 Å². The molecule has 0 saturated heterocycles. The number of rotatable bonds is 5. The molecule has 0 aliphatic carbocycles. The Labute approximate surface area is 109 Å². The highest BCUT2D eigenvalue weighted by atomic mass is 15.3. The molecular weight excluding hydrogens is 222 g/mol. The van der Waals surface area contributed by atoms with Gasteiger partial charge < -0.3 is 0 Å². The predicted molar refractivity (Wildman–Crippen MR) is 75.0 cm³/mol. The van der Waals surface area contributed by atoms with Crippen LogP contribution >= 0.6 is 0 Å². The van der Waals surface area contributed by atoms with Crippen molar-refractivity contribution in [3.8, 4) is 0 Å². The van der Waals surface area contributed by atoms with E-state index in [1.54, 1.807) is 0 Å². The molecule has 0 saturated carbocycles. The summed E-state index contributed by atoms with van der Waals surface area (Å²) in [7, 11) is 0. The molecule has 18 heavy (non-hydrogen) atoms. The van der Waals surface area contributed by atoms with E-state index in [-0.39, 0.29) is 0 Å². The normalized spacial score (nSPS) is 11.3. The summed E-state index contributed by atoms with van der Waals surface area (Å²) < 4.78 is 1.98. The van der Waals surface area contributed by atoms with Gasteiger partial charge in [0.25, 0.3) is 0 Å². The molecule has 0 amide bonds. The Morgan fingerprint density at radius 2 is 1.89 bits per heavy atom. The molecule has 2 heterocycles. The van der Waals surface area contributed by atoms with Crippen LogP contribution in [0.4, 0.5) is 0 Å². The Hall–Kier alpha value is -1.38. The van der Waals surface area contributed by atoms with E-state index in [0.29, 0.717) is 0 Å². The molecule has 0 bridgehead atoms. The maximum absolute atomic E-state index is 4.66. The summed E-state index contributed by atoms with van der Waals surface area (Å²) in [4.78, 5) is 4.66. The van der Waals surface area contributed by atoms with Crippen LogP contribution in [0, 0.1) is 20.8 Å². The van der Waals surface area contributed by atoms with Gasteiger partial charge in [-0.25, -0.2) is 9.50 Å². The molecule has 2 aromatic rings. The highest BCUT2D eigenvalue weighted by Gasteiger charge is 2.10. The second-order valence-corrected chi connectivity index (χ2v) is 5.13. The number of hydrogen-bond donors (Lipinski definition) is 0. The van der Waals surface area contributed by atoms with Crippen LogP contribution in [0.3, 0.4) is 0 Å². The third-order valence-corrected chi connectivity index (χ3v) is 3.57. The Balaban J connectivity index is 2.26. The fourth-order valence-electron chi connectivity index (χ4n) is 2.53. The summed E-state index contributed by atoms with van der Waals surface area (Å²) in [6, 6.07) is 2.04. The van der Waals surface area contributed by atoms with Gasteiger partial charge in [0.2, 0.25) is 0 Å². The molecule has 0 fully saturated rings. The SMILES string of the molecule is CCCCCCc1c(C)nc2cc(C)nn2c1C. The third-order valence-electron chi connectivity index (χ3n) is 3.57. The average molecular weight is 245 g/mol. The number of nitrogens with zero attached hydrogens (tertiary/aromatic N) is 3. The van der Waals surface area contributed by atoms with Gasteiger partial charge >= 0.3 is 0 Å². The second kappa shape index (κ2) is 5.51. The van der Waals surface area contributed by atoms with Gasteiger partial charge in [-0.2, -0.15) is 5.10 Å². The highest BCUT2D eigenvalue weighted by molar-refractivity contribution is 5.44. The fourth-order valence-corrected chi connectivity index (χ4v) is 2.53. The van der Waals surface area contributed by atoms with Crippen LogP contribution < -0.4 is 0 Å². The van der Waals surface area contributed by atoms with Crippen LogP contribution in [0.2, 0.25) is 0 Å². The fraction of sp³-hybridized carbons (Fsp3) is 0.600. The van der Waals surface area contributed by atoms with Gasteiger partial charge in [0.05, 0.1) is 5.69 Å². The molecule has 0 unspecified atom stereocenters. The quantitative estimate of drug-likeness (QED) is 0.750. The van der Waals surface area contributed by atoms with E-state index in [4.69, 9.17) is 0 Å². The number of hydrogen-bond acceptors (Lipinski definition) is 2. The monoisotopic (exact) mass is 245 g/mol. The zero-order valence-electron chi connectivity index (χ0n) is 12.0. The zero-order valence-corrected chi connectivity index (χ0v) is 12.0. The average Bonchev–Trinajstić information content (AvgIpc) is 2.69. The van der Waals surface area contributed by atoms with Gasteiger partial charge in [0.1, 0.15) is 0 Å². The molecule has 2 aromatic heterocycles. The van der Waals surface area contributed by atoms with Gasteiger partial charge in [-0.15, -0.1) is 0 Å². The number of aryl methyl sites for hydroxylation is 3. The molecule has 0 spiro atoms. The predicted octanol–water partition coefficient (Wildman–Crippen LogP) is 3.78. The molecule has 0 aromatic carbocycles. The Kier molecular flexibility index (Phi) is 4.00. The highest BCUT2D eigenvalue weighted by Crippen LogP contribution is 2.18. The first-order chi connectivity index (χ1) is 8.63. The van der Waals surface area contributed by atoms with Crippen molar-refractivity contribution < 1.29 is 0 Å². The van der Waals surface area contributed by atoms with Crippen molar-refractivity contribution in [3.63, 3.8) is 0 Å². The van der Waals surface area contributed by atoms with Gasteiger partial charge in [0.15, 0.2) is 5.65 Å². The minimum absolute atomic E-state index is 0.972. The van der Waals surface area contributed by atoms with E-state index < -0.39 is 0 Å². The van der Waals surface area contributed by atoms with Crippen molar-refractivity contribution in [1.29, 1.82) is 0 Å². The summed E-state index contributed by atoms with van der Waals surface area (Å²) in [6.45, 7) is 8.54. The number of fused-ring (bicyclic) bond motifs is 1. The Morgan fingerprint density at radius 3 is 2.61 bits per heavy atom. The standard InChI is InChI=1S/C15H23N3/c1-5-6-7-8-9-14-12(3)16-15-10-11(2)17-18(15)13(14)4/h10H,5-9H2,1-4H3. The van der Waals surface area contributed by atoms with Crippen LogP contribution in [0.25, 0.3) is 5.65 Å². The Bertz CT molecular complexity index is 540. The van der Waals surface area contributed by atoms with E-state index in [1.807, 2.05) is 17.5 Å². The first-order valence-corrected chi connectivity index (χ1v) is 6.96. The largest absolute Gasteiger partial charge is 0.234 e. The third kappa shape index (κ3) is 2.55. The van der Waals surface area contributed by atoms with Crippen molar-refractivity contribution in [2.24, 2.45) is 0 Å². The molecule has 3 heteroatoms. The first kappa shape index (κ1) is 13.1. The van der Waals surface area contributed by atoms with Crippen LogP contribution in [0.5, 0.6) is 0 Å². The van der Waals surface area contributed by atoms with E-state index in [1.165, 1.54) is 36.9 Å². The Morgan fingerprint density at radius 1 is 1.11 bits per heavy atom. The molecule has 0 radical (unpaired) electrons. The van der Waals surface area contributed by atoms with E-state index >= 15 is 0 Å². The first-order valence-electron chi connectivity index (χ1n) is 6.96. The van der Waals surface area contributed by atoms with Crippen molar-refractivity contribution in [2.45, 2.75) is 59.8 Å². The number of unbranched alkanes of at least 4 members (excludes halogenated alkanes) is 3. The van der Waals surface area contributed by atoms with Crippen LogP contribution in [-0.4, -0.2) is 14.6 Å². The van der Waals surface area contributed by atoms with Gasteiger partial charge in [-0.3, -0.25) is 0 Å². The van der Waals surface area contributed by atoms with Crippen LogP contribution in [0.15, 0.2) is 6.07 Å². The molecule has 0 N–H and O–H groups in total. The van der Waals surface area contributed by atoms with Crippen molar-refractivity contribution >= 4 is 5.65 Å². The lowest BCUT2D eigenvalue weighted by molar-refractivity contribution is 0.658. The smallest absolute Gasteiger partial charge is 0.155 e. The summed E-state index contributed by atoms with van der Waals surface area (Å²) in [5.74, 6) is 0. The van der Waals surface area contributed by atoms with Crippen LogP contribution in [-0.2, 0) is 6.42 Å². The van der Waals surface area contributed by atoms with Gasteiger partial charge in [-0.1, -0.05) is 26.2 Å². The molecular formula is C15H23N3. The van der Waals surface area contributed by atoms with Crippen molar-refractivity contribution in [3.05, 3.63) is 28.7 Å². The summed E-state index contributed by atoms with van der Waals surface area (Å²) >= 11 is 0. The van der Waals surface area contributed by atoms with Gasteiger partial charge in [-0.05, 0) is 39.2 Å². The molecule has 98 valence electrons. The minimum Gasteiger partial charge on any atom is -0.234 e. The van der Waals surface area contributed by atoms with Crippen molar-refractivity contribution in [1.82, 2.24) is 14.6 Å².